The van der Waals surface area contributed by atoms with Gasteiger partial charge in [0.25, 0.3) is 0 Å². The lowest BCUT2D eigenvalue weighted by molar-refractivity contribution is 0.660. The molecule has 0 aliphatic carbocycles. The molecule has 0 unspecified atom stereocenters. The maximum Gasteiger partial charge on any atom is 0.147 e. The number of nitrogens with zero attached hydrogens (tertiary/aromatic N) is 1. The highest BCUT2D eigenvalue weighted by atomic mass is 32.1. The van der Waals surface area contributed by atoms with Crippen LogP contribution >= 0.6 is 11.3 Å². The minimum atomic E-state index is 0.848. The topological polar surface area (TPSA) is 39.2 Å². The van der Waals surface area contributed by atoms with E-state index in [-0.39, 0.29) is 0 Å². The van der Waals surface area contributed by atoms with Gasteiger partial charge in [-0.3, -0.25) is 0 Å². The third kappa shape index (κ3) is 4.59. The average Bonchev–Trinajstić information content (AvgIpc) is 3.78. The number of benzene rings is 8. The van der Waals surface area contributed by atoms with Crippen LogP contribution in [0.2, 0.25) is 0 Å². The van der Waals surface area contributed by atoms with E-state index in [2.05, 4.69) is 176 Å². The van der Waals surface area contributed by atoms with Gasteiger partial charge in [0.05, 0.1) is 16.8 Å². The van der Waals surface area contributed by atoms with Gasteiger partial charge >= 0.3 is 0 Å². The molecule has 4 aromatic heterocycles. The molecular weight excluding hydrogens is 691 g/mol. The molecule has 12 aromatic rings. The molecule has 0 bridgehead atoms. The molecule has 55 heavy (non-hydrogen) atoms. The SMILES string of the molecule is c1ccc(-c2ccccc2-c2cc(-c3ccc4oc5c6ccccc6cc6oc7ccc8sc3c4c8c7c65)cc(-c3ccccc3-c3ccccc3)n2)cc1. The summed E-state index contributed by atoms with van der Waals surface area (Å²) >= 11 is 1.82. The second kappa shape index (κ2) is 11.7. The van der Waals surface area contributed by atoms with Crippen molar-refractivity contribution in [2.24, 2.45) is 0 Å². The number of aromatic nitrogens is 1. The molecule has 0 saturated heterocycles. The molecule has 12 rings (SSSR count). The predicted molar refractivity (Wildman–Crippen MR) is 230 cm³/mol. The van der Waals surface area contributed by atoms with Gasteiger partial charge in [-0.25, -0.2) is 4.98 Å². The molecule has 0 fully saturated rings. The molecule has 0 saturated carbocycles. The van der Waals surface area contributed by atoms with Gasteiger partial charge in [-0.05, 0) is 81.2 Å². The normalized spacial score (nSPS) is 12.0. The second-order valence-corrected chi connectivity index (χ2v) is 15.2. The monoisotopic (exact) mass is 719 g/mol. The number of pyridine rings is 1. The maximum atomic E-state index is 7.03. The van der Waals surface area contributed by atoms with Gasteiger partial charge in [-0.2, -0.15) is 0 Å². The Morgan fingerprint density at radius 1 is 0.382 bits per heavy atom. The van der Waals surface area contributed by atoms with Gasteiger partial charge in [-0.15, -0.1) is 11.3 Å². The Labute approximate surface area is 319 Å². The van der Waals surface area contributed by atoms with E-state index in [4.69, 9.17) is 13.8 Å². The summed E-state index contributed by atoms with van der Waals surface area (Å²) in [6.07, 6.45) is 0. The highest BCUT2D eigenvalue weighted by Gasteiger charge is 2.24. The molecule has 0 amide bonds. The number of hydrogen-bond donors (Lipinski definition) is 0. The number of thiophene rings is 1. The standard InChI is InChI=1S/C51H29NO2S/c1-3-13-30(14-4-1)34-18-9-11-21-38(34)40-27-33(28-41(52-40)39-22-12-10-19-35(39)31-15-5-2-6-16-31)37-23-24-43-48-49-45(55-51(37)48)26-25-42-46(49)47-44(53-42)29-32-17-7-8-20-36(32)50(47)54-43/h1-29H. The number of hydrogen-bond acceptors (Lipinski definition) is 4. The first-order valence-corrected chi connectivity index (χ1v) is 19.3. The number of fused-ring (bicyclic) bond motifs is 2. The van der Waals surface area contributed by atoms with Crippen molar-refractivity contribution in [2.75, 3.05) is 0 Å². The van der Waals surface area contributed by atoms with Crippen LogP contribution in [0.3, 0.4) is 0 Å². The first kappa shape index (κ1) is 30.5. The van der Waals surface area contributed by atoms with E-state index >= 15 is 0 Å². The van der Waals surface area contributed by atoms with E-state index in [0.29, 0.717) is 0 Å². The van der Waals surface area contributed by atoms with Crippen molar-refractivity contribution in [1.82, 2.24) is 4.98 Å². The molecule has 0 aliphatic heterocycles. The minimum Gasteiger partial charge on any atom is -0.456 e. The molecule has 3 nitrogen and oxygen atoms in total. The Hall–Kier alpha value is -7.01. The summed E-state index contributed by atoms with van der Waals surface area (Å²) in [6, 6.07) is 62.2. The fourth-order valence-corrected chi connectivity index (χ4v) is 9.88. The van der Waals surface area contributed by atoms with Crippen LogP contribution in [0.15, 0.2) is 185 Å². The molecule has 0 atom stereocenters. The third-order valence-corrected chi connectivity index (χ3v) is 12.3. The lowest BCUT2D eigenvalue weighted by Crippen LogP contribution is -1.95. The van der Waals surface area contributed by atoms with Gasteiger partial charge in [-0.1, -0.05) is 133 Å². The fraction of sp³-hybridized carbons (Fsp3) is 0. The van der Waals surface area contributed by atoms with Gasteiger partial charge in [0, 0.05) is 42.1 Å². The quantitative estimate of drug-likeness (QED) is 0.178. The molecule has 4 heteroatoms. The van der Waals surface area contributed by atoms with Gasteiger partial charge < -0.3 is 8.83 Å². The zero-order valence-electron chi connectivity index (χ0n) is 29.4. The van der Waals surface area contributed by atoms with Crippen molar-refractivity contribution in [3.8, 4) is 55.9 Å². The van der Waals surface area contributed by atoms with Gasteiger partial charge in [0.2, 0.25) is 0 Å². The summed E-state index contributed by atoms with van der Waals surface area (Å²) < 4.78 is 16.0. The highest BCUT2D eigenvalue weighted by Crippen LogP contribution is 2.51. The highest BCUT2D eigenvalue weighted by molar-refractivity contribution is 7.26. The summed E-state index contributed by atoms with van der Waals surface area (Å²) in [7, 11) is 0. The molecule has 0 radical (unpaired) electrons. The smallest absolute Gasteiger partial charge is 0.147 e. The molecule has 8 aromatic carbocycles. The van der Waals surface area contributed by atoms with E-state index in [1.165, 1.54) is 14.8 Å². The van der Waals surface area contributed by atoms with Crippen molar-refractivity contribution in [3.63, 3.8) is 0 Å². The van der Waals surface area contributed by atoms with Crippen molar-refractivity contribution < 1.29 is 8.83 Å². The van der Waals surface area contributed by atoms with Gasteiger partial charge in [0.1, 0.15) is 22.3 Å². The summed E-state index contributed by atoms with van der Waals surface area (Å²) in [6.45, 7) is 0. The Kier molecular flexibility index (Phi) is 6.50. The number of furan rings is 1. The van der Waals surface area contributed by atoms with Crippen LogP contribution in [-0.4, -0.2) is 4.98 Å². The van der Waals surface area contributed by atoms with Crippen molar-refractivity contribution in [3.05, 3.63) is 176 Å². The number of rotatable bonds is 5. The first-order valence-electron chi connectivity index (χ1n) is 18.5. The average molecular weight is 720 g/mol. The van der Waals surface area contributed by atoms with Crippen LogP contribution in [0.25, 0.3) is 120 Å². The minimum absolute atomic E-state index is 0.848. The Bertz CT molecular complexity index is 3320. The van der Waals surface area contributed by atoms with E-state index in [1.807, 2.05) is 11.3 Å². The lowest BCUT2D eigenvalue weighted by Gasteiger charge is -2.16. The fourth-order valence-electron chi connectivity index (χ4n) is 8.62. The summed E-state index contributed by atoms with van der Waals surface area (Å²) in [5, 5.41) is 6.67. The van der Waals surface area contributed by atoms with E-state index in [9.17, 15) is 0 Å². The largest absolute Gasteiger partial charge is 0.456 e. The lowest BCUT2D eigenvalue weighted by atomic mass is 9.92. The summed E-state index contributed by atoms with van der Waals surface area (Å²) in [5.41, 5.74) is 14.3. The third-order valence-electron chi connectivity index (χ3n) is 11.1. The van der Waals surface area contributed by atoms with E-state index in [1.54, 1.807) is 0 Å². The first-order chi connectivity index (χ1) is 27.3. The molecule has 0 aliphatic rings. The van der Waals surface area contributed by atoms with Gasteiger partial charge in [0.15, 0.2) is 0 Å². The van der Waals surface area contributed by atoms with Crippen LogP contribution in [0.4, 0.5) is 0 Å². The van der Waals surface area contributed by atoms with Crippen molar-refractivity contribution in [1.29, 1.82) is 0 Å². The molecule has 0 spiro atoms. The van der Waals surface area contributed by atoms with Crippen LogP contribution in [-0.2, 0) is 0 Å². The molecular formula is C51H29NO2S. The van der Waals surface area contributed by atoms with Crippen LogP contribution < -0.4 is 0 Å². The Morgan fingerprint density at radius 2 is 0.964 bits per heavy atom. The van der Waals surface area contributed by atoms with E-state index in [0.717, 1.165) is 105 Å². The Balaban J connectivity index is 1.17. The van der Waals surface area contributed by atoms with E-state index < -0.39 is 0 Å². The van der Waals surface area contributed by atoms with Crippen molar-refractivity contribution >= 4 is 75.4 Å². The molecule has 256 valence electrons. The van der Waals surface area contributed by atoms with Crippen molar-refractivity contribution in [2.45, 2.75) is 0 Å². The summed E-state index contributed by atoms with van der Waals surface area (Å²) in [5.74, 6) is 0. The zero-order valence-corrected chi connectivity index (χ0v) is 30.2. The maximum absolute atomic E-state index is 7.03. The van der Waals surface area contributed by atoms with Crippen LogP contribution in [0, 0.1) is 0 Å². The van der Waals surface area contributed by atoms with Crippen LogP contribution in [0.5, 0.6) is 0 Å². The predicted octanol–water partition coefficient (Wildman–Crippen LogP) is 15.0. The van der Waals surface area contributed by atoms with Crippen LogP contribution in [0.1, 0.15) is 0 Å². The second-order valence-electron chi connectivity index (χ2n) is 14.2. The molecule has 4 heterocycles. The molecule has 0 N–H and O–H groups in total. The summed E-state index contributed by atoms with van der Waals surface area (Å²) in [4.78, 5) is 5.49. The Morgan fingerprint density at radius 3 is 1.65 bits per heavy atom. The zero-order chi connectivity index (χ0) is 36.0.